The molecule has 0 aromatic carbocycles. The Morgan fingerprint density at radius 1 is 1.09 bits per heavy atom. The molecule has 4 aliphatic carbocycles. The zero-order chi connectivity index (χ0) is 15.5. The Bertz CT molecular complexity index is 522. The van der Waals surface area contributed by atoms with Gasteiger partial charge in [-0.1, -0.05) is 26.3 Å². The molecule has 4 rings (SSSR count). The molecule has 0 aromatic heterocycles. The highest BCUT2D eigenvalue weighted by atomic mass is 16.4. The summed E-state index contributed by atoms with van der Waals surface area (Å²) >= 11 is 0. The number of carbonyl (C=O) groups is 1. The van der Waals surface area contributed by atoms with E-state index in [1.165, 1.54) is 44.9 Å². The molecule has 0 amide bonds. The van der Waals surface area contributed by atoms with E-state index >= 15 is 0 Å². The van der Waals surface area contributed by atoms with Crippen LogP contribution in [0.4, 0.5) is 0 Å². The summed E-state index contributed by atoms with van der Waals surface area (Å²) < 4.78 is 0. The van der Waals surface area contributed by atoms with E-state index in [1.54, 1.807) is 0 Å². The first-order chi connectivity index (χ1) is 10.4. The van der Waals surface area contributed by atoms with Crippen LogP contribution in [0.5, 0.6) is 0 Å². The average molecular weight is 302 g/mol. The second-order valence-electron chi connectivity index (χ2n) is 9.15. The van der Waals surface area contributed by atoms with Gasteiger partial charge >= 0.3 is 5.97 Å². The van der Waals surface area contributed by atoms with Crippen LogP contribution in [0.3, 0.4) is 0 Å². The first-order valence-corrected chi connectivity index (χ1v) is 9.38. The van der Waals surface area contributed by atoms with E-state index < -0.39 is 5.97 Å². The molecule has 1 N–H and O–H groups in total. The Morgan fingerprint density at radius 2 is 1.91 bits per heavy atom. The van der Waals surface area contributed by atoms with E-state index in [4.69, 9.17) is 0 Å². The summed E-state index contributed by atoms with van der Waals surface area (Å²) in [5, 5.41) is 9.33. The third-order valence-corrected chi connectivity index (χ3v) is 8.33. The van der Waals surface area contributed by atoms with Gasteiger partial charge in [-0.05, 0) is 85.9 Å². The topological polar surface area (TPSA) is 37.3 Å². The van der Waals surface area contributed by atoms with Gasteiger partial charge < -0.3 is 5.11 Å². The molecule has 0 saturated heterocycles. The van der Waals surface area contributed by atoms with Gasteiger partial charge in [0.1, 0.15) is 0 Å². The predicted molar refractivity (Wildman–Crippen MR) is 87.4 cm³/mol. The van der Waals surface area contributed by atoms with Crippen molar-refractivity contribution in [2.45, 2.75) is 71.6 Å². The summed E-state index contributed by atoms with van der Waals surface area (Å²) in [6.07, 6.45) is 13.7. The molecule has 3 saturated carbocycles. The predicted octanol–water partition coefficient (Wildman–Crippen LogP) is 5.04. The normalized spacial score (nSPS) is 50.5. The Kier molecular flexibility index (Phi) is 3.26. The summed E-state index contributed by atoms with van der Waals surface area (Å²) in [7, 11) is 0. The van der Waals surface area contributed by atoms with E-state index in [0.29, 0.717) is 22.3 Å². The molecule has 0 aliphatic heterocycles. The number of hydrogen-bond donors (Lipinski definition) is 1. The molecule has 0 bridgehead atoms. The van der Waals surface area contributed by atoms with E-state index in [-0.39, 0.29) is 0 Å². The zero-order valence-electron chi connectivity index (χ0n) is 14.1. The molecule has 0 spiro atoms. The Hall–Kier alpha value is -0.790. The number of carboxylic acids is 1. The molecule has 4 aliphatic rings. The van der Waals surface area contributed by atoms with Gasteiger partial charge in [0.2, 0.25) is 0 Å². The molecule has 2 heteroatoms. The van der Waals surface area contributed by atoms with Crippen LogP contribution in [0.2, 0.25) is 0 Å². The van der Waals surface area contributed by atoms with Crippen molar-refractivity contribution in [3.05, 3.63) is 11.6 Å². The van der Waals surface area contributed by atoms with Crippen LogP contribution >= 0.6 is 0 Å². The van der Waals surface area contributed by atoms with Crippen LogP contribution < -0.4 is 0 Å². The van der Waals surface area contributed by atoms with Crippen LogP contribution in [-0.2, 0) is 4.79 Å². The summed E-state index contributed by atoms with van der Waals surface area (Å²) in [4.78, 5) is 11.3. The summed E-state index contributed by atoms with van der Waals surface area (Å²) in [5.41, 5.74) is 1.68. The number of hydrogen-bond acceptors (Lipinski definition) is 1. The molecule has 0 aromatic rings. The fraction of sp³-hybridized carbons (Fsp3) is 0.850. The minimum Gasteiger partial charge on any atom is -0.478 e. The fourth-order valence-corrected chi connectivity index (χ4v) is 7.03. The highest BCUT2D eigenvalue weighted by Crippen LogP contribution is 2.65. The highest BCUT2D eigenvalue weighted by Gasteiger charge is 2.57. The Labute approximate surface area is 134 Å². The van der Waals surface area contributed by atoms with Crippen molar-refractivity contribution < 1.29 is 9.90 Å². The lowest BCUT2D eigenvalue weighted by Gasteiger charge is -2.59. The van der Waals surface area contributed by atoms with Crippen molar-refractivity contribution in [2.75, 3.05) is 0 Å². The van der Waals surface area contributed by atoms with Crippen LogP contribution in [0.1, 0.15) is 71.6 Å². The van der Waals surface area contributed by atoms with Gasteiger partial charge in [-0.15, -0.1) is 0 Å². The number of rotatable bonds is 1. The smallest absolute Gasteiger partial charge is 0.331 e. The summed E-state index contributed by atoms with van der Waals surface area (Å²) in [6.45, 7) is 5.04. The Balaban J connectivity index is 1.64. The van der Waals surface area contributed by atoms with Gasteiger partial charge in [-0.25, -0.2) is 4.79 Å². The van der Waals surface area contributed by atoms with Gasteiger partial charge in [0.25, 0.3) is 0 Å². The molecule has 2 nitrogen and oxygen atoms in total. The maximum absolute atomic E-state index is 11.3. The first kappa shape index (κ1) is 14.8. The SMILES string of the molecule is C[C@@]12CCC[C@H]1[C@@H]1CCC3C=C(C(=O)O)CC[C@]3(C)[C@@H]1CC2. The van der Waals surface area contributed by atoms with Crippen molar-refractivity contribution >= 4 is 5.97 Å². The van der Waals surface area contributed by atoms with Crippen molar-refractivity contribution in [3.63, 3.8) is 0 Å². The van der Waals surface area contributed by atoms with Gasteiger partial charge in [0.05, 0.1) is 0 Å². The molecule has 1 unspecified atom stereocenters. The zero-order valence-corrected chi connectivity index (χ0v) is 14.1. The van der Waals surface area contributed by atoms with Gasteiger partial charge in [0.15, 0.2) is 0 Å². The summed E-state index contributed by atoms with van der Waals surface area (Å²) in [6, 6.07) is 0. The quantitative estimate of drug-likeness (QED) is 0.736. The second kappa shape index (κ2) is 4.85. The maximum Gasteiger partial charge on any atom is 0.331 e. The van der Waals surface area contributed by atoms with E-state index in [2.05, 4.69) is 19.9 Å². The van der Waals surface area contributed by atoms with Crippen LogP contribution in [0.25, 0.3) is 0 Å². The molecule has 6 atom stereocenters. The molecular formula is C20H30O2. The van der Waals surface area contributed by atoms with Gasteiger partial charge in [0, 0.05) is 5.57 Å². The fourth-order valence-electron chi connectivity index (χ4n) is 7.03. The lowest BCUT2D eigenvalue weighted by Crippen LogP contribution is -2.51. The first-order valence-electron chi connectivity index (χ1n) is 9.38. The summed E-state index contributed by atoms with van der Waals surface area (Å²) in [5.74, 6) is 2.54. The lowest BCUT2D eigenvalue weighted by molar-refractivity contribution is -0.133. The highest BCUT2D eigenvalue weighted by molar-refractivity contribution is 5.86. The van der Waals surface area contributed by atoms with Crippen LogP contribution in [0.15, 0.2) is 11.6 Å². The number of aliphatic carboxylic acids is 1. The average Bonchev–Trinajstić information content (AvgIpc) is 2.88. The molecular weight excluding hydrogens is 272 g/mol. The van der Waals surface area contributed by atoms with Crippen molar-refractivity contribution in [1.29, 1.82) is 0 Å². The van der Waals surface area contributed by atoms with Crippen molar-refractivity contribution in [3.8, 4) is 0 Å². The number of carboxylic acid groups (broad SMARTS) is 1. The molecule has 0 radical (unpaired) electrons. The molecule has 0 heterocycles. The lowest BCUT2D eigenvalue weighted by atomic mass is 9.46. The Morgan fingerprint density at radius 3 is 2.68 bits per heavy atom. The standard InChI is InChI=1S/C20H30O2/c1-19-9-3-4-16(19)15-6-5-14-12-13(18(21)22)7-11-20(14,2)17(15)8-10-19/h12,14-17H,3-11H2,1-2H3,(H,21,22)/t14?,15-,16-,17+,19-,20-/m0/s1. The largest absolute Gasteiger partial charge is 0.478 e. The minimum atomic E-state index is -0.684. The number of allylic oxidation sites excluding steroid dienone is 1. The van der Waals surface area contributed by atoms with Crippen molar-refractivity contribution in [2.24, 2.45) is 34.5 Å². The van der Waals surface area contributed by atoms with Crippen molar-refractivity contribution in [1.82, 2.24) is 0 Å². The van der Waals surface area contributed by atoms with E-state index in [1.807, 2.05) is 0 Å². The third kappa shape index (κ3) is 1.95. The molecule has 122 valence electrons. The third-order valence-electron chi connectivity index (χ3n) is 8.33. The van der Waals surface area contributed by atoms with Gasteiger partial charge in [-0.3, -0.25) is 0 Å². The molecule has 22 heavy (non-hydrogen) atoms. The minimum absolute atomic E-state index is 0.367. The van der Waals surface area contributed by atoms with E-state index in [0.717, 1.165) is 30.6 Å². The van der Waals surface area contributed by atoms with E-state index in [9.17, 15) is 9.90 Å². The molecule has 3 fully saturated rings. The van der Waals surface area contributed by atoms with Crippen LogP contribution in [-0.4, -0.2) is 11.1 Å². The van der Waals surface area contributed by atoms with Crippen LogP contribution in [0, 0.1) is 34.5 Å². The van der Waals surface area contributed by atoms with Gasteiger partial charge in [-0.2, -0.15) is 0 Å². The number of fused-ring (bicyclic) bond motifs is 5. The maximum atomic E-state index is 11.3. The second-order valence-corrected chi connectivity index (χ2v) is 9.15. The monoisotopic (exact) mass is 302 g/mol.